The van der Waals surface area contributed by atoms with E-state index in [0.29, 0.717) is 5.92 Å². The zero-order valence-corrected chi connectivity index (χ0v) is 11.8. The Morgan fingerprint density at radius 1 is 1.35 bits per heavy atom. The second-order valence-corrected chi connectivity index (χ2v) is 5.77. The molecule has 0 saturated carbocycles. The monoisotopic (exact) mass is 271 g/mol. The highest BCUT2D eigenvalue weighted by Gasteiger charge is 2.25. The number of likely N-dealkylation sites (tertiary alicyclic amines) is 1. The van der Waals surface area contributed by atoms with Gasteiger partial charge in [0.15, 0.2) is 0 Å². The third kappa shape index (κ3) is 2.43. The Bertz CT molecular complexity index is 609. The van der Waals surface area contributed by atoms with Crippen molar-refractivity contribution in [2.45, 2.75) is 25.8 Å². The van der Waals surface area contributed by atoms with Gasteiger partial charge in [0.2, 0.25) is 0 Å². The summed E-state index contributed by atoms with van der Waals surface area (Å²) in [6.45, 7) is 3.69. The first kappa shape index (κ1) is 13.2. The van der Waals surface area contributed by atoms with Gasteiger partial charge in [-0.15, -0.1) is 0 Å². The maximum absolute atomic E-state index is 12.5. The van der Waals surface area contributed by atoms with E-state index in [1.807, 2.05) is 35.4 Å². The SMILES string of the molecule is CC(N)C1CCN(C(=O)c2ccc3[nH]ccc3c2)CC1. The number of nitrogens with zero attached hydrogens (tertiary/aromatic N) is 1. The Kier molecular flexibility index (Phi) is 3.49. The van der Waals surface area contributed by atoms with Gasteiger partial charge in [0, 0.05) is 41.8 Å². The van der Waals surface area contributed by atoms with Crippen molar-refractivity contribution in [2.75, 3.05) is 13.1 Å². The highest BCUT2D eigenvalue weighted by atomic mass is 16.2. The van der Waals surface area contributed by atoms with Crippen LogP contribution in [-0.4, -0.2) is 34.9 Å². The number of nitrogens with one attached hydrogen (secondary N) is 1. The second kappa shape index (κ2) is 5.29. The van der Waals surface area contributed by atoms with E-state index in [9.17, 15) is 4.79 Å². The second-order valence-electron chi connectivity index (χ2n) is 5.77. The molecule has 1 fully saturated rings. The lowest BCUT2D eigenvalue weighted by Crippen LogP contribution is -2.42. The molecule has 1 atom stereocenters. The van der Waals surface area contributed by atoms with E-state index in [-0.39, 0.29) is 11.9 Å². The summed E-state index contributed by atoms with van der Waals surface area (Å²) in [5.41, 5.74) is 7.78. The van der Waals surface area contributed by atoms with Crippen LogP contribution in [0.2, 0.25) is 0 Å². The van der Waals surface area contributed by atoms with Crippen molar-refractivity contribution < 1.29 is 4.79 Å². The van der Waals surface area contributed by atoms with Crippen molar-refractivity contribution in [3.63, 3.8) is 0 Å². The minimum Gasteiger partial charge on any atom is -0.361 e. The van der Waals surface area contributed by atoms with Crippen molar-refractivity contribution >= 4 is 16.8 Å². The summed E-state index contributed by atoms with van der Waals surface area (Å²) in [5.74, 6) is 0.683. The lowest BCUT2D eigenvalue weighted by atomic mass is 9.90. The summed E-state index contributed by atoms with van der Waals surface area (Å²) in [5, 5.41) is 1.08. The number of rotatable bonds is 2. The number of nitrogens with two attached hydrogens (primary N) is 1. The van der Waals surface area contributed by atoms with Crippen molar-refractivity contribution in [3.05, 3.63) is 36.0 Å². The Balaban J connectivity index is 1.73. The van der Waals surface area contributed by atoms with Crippen molar-refractivity contribution in [1.29, 1.82) is 0 Å². The largest absolute Gasteiger partial charge is 0.361 e. The van der Waals surface area contributed by atoms with Gasteiger partial charge < -0.3 is 15.6 Å². The van der Waals surface area contributed by atoms with Crippen LogP contribution in [-0.2, 0) is 0 Å². The van der Waals surface area contributed by atoms with E-state index in [2.05, 4.69) is 11.9 Å². The fourth-order valence-corrected chi connectivity index (χ4v) is 3.00. The number of aromatic nitrogens is 1. The number of piperidine rings is 1. The Morgan fingerprint density at radius 2 is 2.10 bits per heavy atom. The predicted molar refractivity (Wildman–Crippen MR) is 80.6 cm³/mol. The topological polar surface area (TPSA) is 62.1 Å². The molecular weight excluding hydrogens is 250 g/mol. The normalized spacial score (nSPS) is 18.4. The number of H-pyrrole nitrogens is 1. The average molecular weight is 271 g/mol. The van der Waals surface area contributed by atoms with Crippen LogP contribution in [0.25, 0.3) is 10.9 Å². The Labute approximate surface area is 118 Å². The first-order chi connectivity index (χ1) is 9.65. The van der Waals surface area contributed by atoms with Gasteiger partial charge in [0.05, 0.1) is 0 Å². The van der Waals surface area contributed by atoms with Crippen molar-refractivity contribution in [3.8, 4) is 0 Å². The molecule has 1 aliphatic rings. The fraction of sp³-hybridized carbons (Fsp3) is 0.438. The smallest absolute Gasteiger partial charge is 0.253 e. The van der Waals surface area contributed by atoms with Gasteiger partial charge in [-0.2, -0.15) is 0 Å². The number of fused-ring (bicyclic) bond motifs is 1. The minimum absolute atomic E-state index is 0.135. The molecule has 1 aromatic heterocycles. The van der Waals surface area contributed by atoms with Crippen LogP contribution in [0, 0.1) is 5.92 Å². The van der Waals surface area contributed by atoms with E-state index >= 15 is 0 Å². The molecule has 1 aliphatic heterocycles. The number of hydrogen-bond acceptors (Lipinski definition) is 2. The van der Waals surface area contributed by atoms with Crippen molar-refractivity contribution in [2.24, 2.45) is 11.7 Å². The lowest BCUT2D eigenvalue weighted by molar-refractivity contribution is 0.0681. The van der Waals surface area contributed by atoms with E-state index in [1.165, 1.54) is 0 Å². The van der Waals surface area contributed by atoms with Gasteiger partial charge in [-0.05, 0) is 49.9 Å². The molecule has 2 aromatic rings. The van der Waals surface area contributed by atoms with Crippen LogP contribution >= 0.6 is 0 Å². The van der Waals surface area contributed by atoms with Crippen LogP contribution in [0.4, 0.5) is 0 Å². The first-order valence-corrected chi connectivity index (χ1v) is 7.27. The summed E-state index contributed by atoms with van der Waals surface area (Å²) in [7, 11) is 0. The third-order valence-corrected chi connectivity index (χ3v) is 4.37. The van der Waals surface area contributed by atoms with Gasteiger partial charge in [-0.25, -0.2) is 0 Å². The van der Waals surface area contributed by atoms with E-state index in [0.717, 1.165) is 42.4 Å². The fourth-order valence-electron chi connectivity index (χ4n) is 3.00. The molecule has 0 bridgehead atoms. The van der Waals surface area contributed by atoms with Crippen LogP contribution in [0.5, 0.6) is 0 Å². The number of benzene rings is 1. The highest BCUT2D eigenvalue weighted by Crippen LogP contribution is 2.22. The standard InChI is InChI=1S/C16H21N3O/c1-11(17)12-5-8-19(9-6-12)16(20)14-2-3-15-13(10-14)4-7-18-15/h2-4,7,10-12,18H,5-6,8-9,17H2,1H3. The summed E-state index contributed by atoms with van der Waals surface area (Å²) in [6.07, 6.45) is 3.92. The van der Waals surface area contributed by atoms with Gasteiger partial charge in [0.1, 0.15) is 0 Å². The van der Waals surface area contributed by atoms with E-state index in [4.69, 9.17) is 5.73 Å². The molecule has 0 spiro atoms. The number of amides is 1. The van der Waals surface area contributed by atoms with Gasteiger partial charge in [-0.1, -0.05) is 0 Å². The van der Waals surface area contributed by atoms with Crippen LogP contribution in [0.3, 0.4) is 0 Å². The molecule has 20 heavy (non-hydrogen) atoms. The number of carbonyl (C=O) groups is 1. The first-order valence-electron chi connectivity index (χ1n) is 7.27. The molecule has 1 amide bonds. The zero-order chi connectivity index (χ0) is 14.1. The molecule has 0 aliphatic carbocycles. The van der Waals surface area contributed by atoms with E-state index in [1.54, 1.807) is 0 Å². The lowest BCUT2D eigenvalue weighted by Gasteiger charge is -2.33. The zero-order valence-electron chi connectivity index (χ0n) is 11.8. The van der Waals surface area contributed by atoms with Crippen LogP contribution in [0.15, 0.2) is 30.5 Å². The average Bonchev–Trinajstić information content (AvgIpc) is 2.94. The van der Waals surface area contributed by atoms with Gasteiger partial charge >= 0.3 is 0 Å². The minimum atomic E-state index is 0.135. The summed E-state index contributed by atoms with van der Waals surface area (Å²) in [6, 6.07) is 8.06. The van der Waals surface area contributed by atoms with E-state index < -0.39 is 0 Å². The Hall–Kier alpha value is -1.81. The number of hydrogen-bond donors (Lipinski definition) is 2. The van der Waals surface area contributed by atoms with Crippen molar-refractivity contribution in [1.82, 2.24) is 9.88 Å². The third-order valence-electron chi connectivity index (χ3n) is 4.37. The molecule has 0 radical (unpaired) electrons. The Morgan fingerprint density at radius 3 is 2.80 bits per heavy atom. The number of aromatic amines is 1. The summed E-state index contributed by atoms with van der Waals surface area (Å²) in [4.78, 5) is 17.6. The molecular formula is C16H21N3O. The quantitative estimate of drug-likeness (QED) is 0.881. The van der Waals surface area contributed by atoms with Gasteiger partial charge in [-0.3, -0.25) is 4.79 Å². The molecule has 2 heterocycles. The van der Waals surface area contributed by atoms with Crippen LogP contribution in [0.1, 0.15) is 30.1 Å². The molecule has 3 rings (SSSR count). The number of carbonyl (C=O) groups excluding carboxylic acids is 1. The molecule has 1 unspecified atom stereocenters. The molecule has 4 heteroatoms. The maximum atomic E-state index is 12.5. The molecule has 4 nitrogen and oxygen atoms in total. The maximum Gasteiger partial charge on any atom is 0.253 e. The molecule has 3 N–H and O–H groups in total. The molecule has 106 valence electrons. The molecule has 1 aromatic carbocycles. The molecule has 1 saturated heterocycles. The summed E-state index contributed by atoms with van der Waals surface area (Å²) >= 11 is 0. The predicted octanol–water partition coefficient (Wildman–Crippen LogP) is 2.37. The van der Waals surface area contributed by atoms with Gasteiger partial charge in [0.25, 0.3) is 5.91 Å². The summed E-state index contributed by atoms with van der Waals surface area (Å²) < 4.78 is 0. The highest BCUT2D eigenvalue weighted by molar-refractivity contribution is 5.98. The van der Waals surface area contributed by atoms with Crippen LogP contribution < -0.4 is 5.73 Å².